The summed E-state index contributed by atoms with van der Waals surface area (Å²) in [7, 11) is 0. The highest BCUT2D eigenvalue weighted by atomic mass is 35.5. The van der Waals surface area contributed by atoms with E-state index in [9.17, 15) is 9.18 Å². The second-order valence-electron chi connectivity index (χ2n) is 5.20. The third-order valence-corrected chi connectivity index (χ3v) is 3.64. The van der Waals surface area contributed by atoms with Gasteiger partial charge in [0.1, 0.15) is 23.7 Å². The van der Waals surface area contributed by atoms with Gasteiger partial charge in [0.05, 0.1) is 0 Å². The van der Waals surface area contributed by atoms with Crippen molar-refractivity contribution in [2.24, 2.45) is 0 Å². The second kappa shape index (κ2) is 7.72. The molecule has 2 N–H and O–H groups in total. The molecule has 3 rings (SSSR count). The molecule has 0 atom stereocenters. The van der Waals surface area contributed by atoms with Gasteiger partial charge >= 0.3 is 0 Å². The number of hydrogen-bond donors (Lipinski definition) is 2. The first-order valence-electron chi connectivity index (χ1n) is 7.48. The zero-order chi connectivity index (χ0) is 17.6. The molecule has 126 valence electrons. The van der Waals surface area contributed by atoms with Crippen molar-refractivity contribution in [1.29, 1.82) is 0 Å². The Balaban J connectivity index is 1.68. The average molecular weight is 357 g/mol. The first-order chi connectivity index (χ1) is 12.1. The molecule has 1 heterocycles. The van der Waals surface area contributed by atoms with Gasteiger partial charge in [0, 0.05) is 28.9 Å². The van der Waals surface area contributed by atoms with E-state index in [4.69, 9.17) is 11.6 Å². The van der Waals surface area contributed by atoms with Crippen LogP contribution in [0, 0.1) is 5.82 Å². The number of nitrogens with one attached hydrogen (secondary N) is 2. The number of halogens is 2. The molecule has 1 aromatic heterocycles. The number of nitrogens with zero attached hydrogens (tertiary/aromatic N) is 2. The Morgan fingerprint density at radius 2 is 1.92 bits per heavy atom. The summed E-state index contributed by atoms with van der Waals surface area (Å²) in [4.78, 5) is 20.3. The number of benzene rings is 2. The van der Waals surface area contributed by atoms with E-state index in [0.29, 0.717) is 22.1 Å². The smallest absolute Gasteiger partial charge is 0.274 e. The Hall–Kier alpha value is -2.99. The molecule has 0 saturated carbocycles. The van der Waals surface area contributed by atoms with E-state index in [2.05, 4.69) is 20.6 Å². The number of carbonyl (C=O) groups excluding carboxylic acids is 1. The molecule has 7 heteroatoms. The summed E-state index contributed by atoms with van der Waals surface area (Å²) >= 11 is 5.89. The van der Waals surface area contributed by atoms with Crippen LogP contribution in [0.5, 0.6) is 0 Å². The van der Waals surface area contributed by atoms with Crippen LogP contribution in [0.15, 0.2) is 60.9 Å². The second-order valence-corrected chi connectivity index (χ2v) is 5.63. The Morgan fingerprint density at radius 3 is 2.72 bits per heavy atom. The van der Waals surface area contributed by atoms with Crippen molar-refractivity contribution in [1.82, 2.24) is 9.97 Å². The van der Waals surface area contributed by atoms with Crippen molar-refractivity contribution in [2.75, 3.05) is 10.6 Å². The highest BCUT2D eigenvalue weighted by Gasteiger charge is 2.10. The molecule has 0 unspecified atom stereocenters. The fraction of sp³-hybridized carbons (Fsp3) is 0.0556. The summed E-state index contributed by atoms with van der Waals surface area (Å²) in [5, 5.41) is 6.21. The van der Waals surface area contributed by atoms with E-state index in [-0.39, 0.29) is 18.1 Å². The first kappa shape index (κ1) is 16.9. The zero-order valence-corrected chi connectivity index (χ0v) is 13.8. The van der Waals surface area contributed by atoms with Gasteiger partial charge in [0.15, 0.2) is 0 Å². The van der Waals surface area contributed by atoms with E-state index in [1.807, 2.05) is 0 Å². The standard InChI is InChI=1S/C18H14ClFN4O/c19-13-5-3-6-14(8-13)24-18(25)16-9-17(23-11-22-16)21-10-12-4-1-2-7-15(12)20/h1-9,11H,10H2,(H,24,25)(H,21,22,23). The highest BCUT2D eigenvalue weighted by molar-refractivity contribution is 6.30. The minimum atomic E-state index is -0.390. The normalized spacial score (nSPS) is 10.3. The number of hydrogen-bond acceptors (Lipinski definition) is 4. The van der Waals surface area contributed by atoms with Crippen LogP contribution in [0.4, 0.5) is 15.9 Å². The lowest BCUT2D eigenvalue weighted by Gasteiger charge is -2.08. The number of carbonyl (C=O) groups is 1. The number of rotatable bonds is 5. The predicted molar refractivity (Wildman–Crippen MR) is 95.2 cm³/mol. The van der Waals surface area contributed by atoms with Crippen LogP contribution in [-0.4, -0.2) is 15.9 Å². The number of amides is 1. The third kappa shape index (κ3) is 4.51. The lowest BCUT2D eigenvalue weighted by molar-refractivity contribution is 0.102. The third-order valence-electron chi connectivity index (χ3n) is 3.40. The molecule has 0 aliphatic carbocycles. The predicted octanol–water partition coefficient (Wildman–Crippen LogP) is 4.13. The van der Waals surface area contributed by atoms with Gasteiger partial charge in [-0.15, -0.1) is 0 Å². The highest BCUT2D eigenvalue weighted by Crippen LogP contribution is 2.16. The topological polar surface area (TPSA) is 66.9 Å². The van der Waals surface area contributed by atoms with E-state index in [1.165, 1.54) is 18.5 Å². The lowest BCUT2D eigenvalue weighted by Crippen LogP contribution is -2.14. The van der Waals surface area contributed by atoms with Crippen LogP contribution < -0.4 is 10.6 Å². The van der Waals surface area contributed by atoms with Gasteiger partial charge in [0.25, 0.3) is 5.91 Å². The maximum Gasteiger partial charge on any atom is 0.274 e. The van der Waals surface area contributed by atoms with Crippen molar-refractivity contribution in [2.45, 2.75) is 6.54 Å². The lowest BCUT2D eigenvalue weighted by atomic mass is 10.2. The maximum absolute atomic E-state index is 13.6. The molecular formula is C18H14ClFN4O. The molecule has 0 aliphatic rings. The molecule has 2 aromatic carbocycles. The molecule has 0 bridgehead atoms. The zero-order valence-electron chi connectivity index (χ0n) is 13.0. The molecule has 0 fully saturated rings. The minimum absolute atomic E-state index is 0.186. The largest absolute Gasteiger partial charge is 0.366 e. The molecule has 0 saturated heterocycles. The van der Waals surface area contributed by atoms with Crippen LogP contribution in [-0.2, 0) is 6.54 Å². The fourth-order valence-corrected chi connectivity index (χ4v) is 2.36. The van der Waals surface area contributed by atoms with Crippen LogP contribution >= 0.6 is 11.6 Å². The Labute approximate surface area is 148 Å². The summed E-state index contributed by atoms with van der Waals surface area (Å²) in [5.41, 5.74) is 1.26. The molecule has 0 aliphatic heterocycles. The van der Waals surface area contributed by atoms with Crippen LogP contribution in [0.3, 0.4) is 0 Å². The van der Waals surface area contributed by atoms with Gasteiger partial charge in [-0.3, -0.25) is 4.79 Å². The average Bonchev–Trinajstić information content (AvgIpc) is 2.61. The Kier molecular flexibility index (Phi) is 5.20. The first-order valence-corrected chi connectivity index (χ1v) is 7.86. The van der Waals surface area contributed by atoms with E-state index in [0.717, 1.165) is 0 Å². The number of aromatic nitrogens is 2. The SMILES string of the molecule is O=C(Nc1cccc(Cl)c1)c1cc(NCc2ccccc2F)ncn1. The van der Waals surface area contributed by atoms with Gasteiger partial charge in [-0.2, -0.15) is 0 Å². The van der Waals surface area contributed by atoms with Crippen LogP contribution in [0.25, 0.3) is 0 Å². The van der Waals surface area contributed by atoms with E-state index < -0.39 is 5.91 Å². The molecule has 3 aromatic rings. The summed E-state index contributed by atoms with van der Waals surface area (Å²) in [6.07, 6.45) is 1.27. The van der Waals surface area contributed by atoms with Crippen molar-refractivity contribution >= 4 is 29.0 Å². The van der Waals surface area contributed by atoms with Gasteiger partial charge in [-0.25, -0.2) is 14.4 Å². The summed E-state index contributed by atoms with van der Waals surface area (Å²) in [6.45, 7) is 0.249. The quantitative estimate of drug-likeness (QED) is 0.721. The summed E-state index contributed by atoms with van der Waals surface area (Å²) < 4.78 is 13.6. The van der Waals surface area contributed by atoms with Crippen molar-refractivity contribution in [3.63, 3.8) is 0 Å². The summed E-state index contributed by atoms with van der Waals surface area (Å²) in [6, 6.07) is 14.8. The Morgan fingerprint density at radius 1 is 1.08 bits per heavy atom. The monoisotopic (exact) mass is 356 g/mol. The van der Waals surface area contributed by atoms with Crippen molar-refractivity contribution in [3.8, 4) is 0 Å². The van der Waals surface area contributed by atoms with Crippen LogP contribution in [0.2, 0.25) is 5.02 Å². The molecule has 25 heavy (non-hydrogen) atoms. The maximum atomic E-state index is 13.6. The molecule has 0 radical (unpaired) electrons. The molecular weight excluding hydrogens is 343 g/mol. The van der Waals surface area contributed by atoms with Gasteiger partial charge in [-0.05, 0) is 24.3 Å². The Bertz CT molecular complexity index is 904. The minimum Gasteiger partial charge on any atom is -0.366 e. The molecule has 0 spiro atoms. The summed E-state index contributed by atoms with van der Waals surface area (Å²) in [5.74, 6) is -0.268. The fourth-order valence-electron chi connectivity index (χ4n) is 2.17. The number of anilines is 2. The van der Waals surface area contributed by atoms with E-state index >= 15 is 0 Å². The van der Waals surface area contributed by atoms with Gasteiger partial charge in [-0.1, -0.05) is 35.9 Å². The van der Waals surface area contributed by atoms with Crippen LogP contribution in [0.1, 0.15) is 16.1 Å². The van der Waals surface area contributed by atoms with E-state index in [1.54, 1.807) is 42.5 Å². The van der Waals surface area contributed by atoms with Crippen molar-refractivity contribution < 1.29 is 9.18 Å². The van der Waals surface area contributed by atoms with Gasteiger partial charge < -0.3 is 10.6 Å². The van der Waals surface area contributed by atoms with Gasteiger partial charge in [0.2, 0.25) is 0 Å². The van der Waals surface area contributed by atoms with Crippen molar-refractivity contribution in [3.05, 3.63) is 83.0 Å². The molecule has 1 amide bonds. The molecule has 5 nitrogen and oxygen atoms in total.